The van der Waals surface area contributed by atoms with E-state index in [2.05, 4.69) is 10.6 Å². The van der Waals surface area contributed by atoms with E-state index in [1.54, 1.807) is 0 Å². The second kappa shape index (κ2) is 7.60. The van der Waals surface area contributed by atoms with E-state index in [-0.39, 0.29) is 24.6 Å². The van der Waals surface area contributed by atoms with Crippen LogP contribution in [0.2, 0.25) is 0 Å². The van der Waals surface area contributed by atoms with E-state index in [9.17, 15) is 4.79 Å². The molecule has 1 saturated heterocycles. The van der Waals surface area contributed by atoms with Crippen molar-refractivity contribution < 1.29 is 14.6 Å². The summed E-state index contributed by atoms with van der Waals surface area (Å²) in [5.74, 6) is 0.0308. The van der Waals surface area contributed by atoms with Gasteiger partial charge in [-0.05, 0) is 12.8 Å². The Labute approximate surface area is 96.6 Å². The summed E-state index contributed by atoms with van der Waals surface area (Å²) in [4.78, 5) is 11.7. The lowest BCUT2D eigenvalue weighted by molar-refractivity contribution is -0.123. The lowest BCUT2D eigenvalue weighted by atomic mass is 10.1. The maximum absolute atomic E-state index is 11.7. The Hall–Kier alpha value is -0.650. The molecular weight excluding hydrogens is 208 g/mol. The summed E-state index contributed by atoms with van der Waals surface area (Å²) >= 11 is 0. The highest BCUT2D eigenvalue weighted by Gasteiger charge is 2.18. The van der Waals surface area contributed by atoms with Crippen LogP contribution in [-0.4, -0.2) is 49.5 Å². The van der Waals surface area contributed by atoms with E-state index in [1.807, 2.05) is 6.92 Å². The van der Waals surface area contributed by atoms with Crippen molar-refractivity contribution in [3.8, 4) is 0 Å². The molecule has 0 aromatic rings. The average molecular weight is 230 g/mol. The van der Waals surface area contributed by atoms with E-state index in [1.165, 1.54) is 0 Å². The molecule has 0 radical (unpaired) electrons. The number of rotatable bonds is 6. The van der Waals surface area contributed by atoms with Gasteiger partial charge in [-0.15, -0.1) is 0 Å². The number of carbonyl (C=O) groups excluding carboxylic acids is 1. The summed E-state index contributed by atoms with van der Waals surface area (Å²) < 4.78 is 5.28. The number of morpholine rings is 1. The maximum atomic E-state index is 11.7. The number of nitrogens with one attached hydrogen (secondary N) is 2. The first-order chi connectivity index (χ1) is 7.76. The number of aliphatic hydroxyl groups excluding tert-OH is 1. The lowest BCUT2D eigenvalue weighted by Crippen LogP contribution is -2.45. The van der Waals surface area contributed by atoms with Crippen LogP contribution < -0.4 is 10.6 Å². The van der Waals surface area contributed by atoms with Crippen LogP contribution in [0.4, 0.5) is 0 Å². The molecule has 5 heteroatoms. The number of hydrogen-bond donors (Lipinski definition) is 3. The van der Waals surface area contributed by atoms with Gasteiger partial charge in [0.05, 0.1) is 13.2 Å². The Morgan fingerprint density at radius 2 is 2.50 bits per heavy atom. The van der Waals surface area contributed by atoms with Crippen LogP contribution in [0, 0.1) is 0 Å². The summed E-state index contributed by atoms with van der Waals surface area (Å²) in [5.41, 5.74) is 0. The molecule has 0 aromatic carbocycles. The molecule has 1 aliphatic rings. The first-order valence-corrected chi connectivity index (χ1v) is 5.97. The van der Waals surface area contributed by atoms with Gasteiger partial charge in [0.1, 0.15) is 0 Å². The SMILES string of the molecule is CCC(CCO)NC(=O)CC1COCCN1. The number of hydrogen-bond acceptors (Lipinski definition) is 4. The summed E-state index contributed by atoms with van der Waals surface area (Å²) in [6.07, 6.45) is 1.92. The topological polar surface area (TPSA) is 70.6 Å². The first kappa shape index (κ1) is 13.4. The van der Waals surface area contributed by atoms with E-state index < -0.39 is 0 Å². The van der Waals surface area contributed by atoms with Crippen molar-refractivity contribution in [1.29, 1.82) is 0 Å². The third-order valence-corrected chi connectivity index (χ3v) is 2.77. The Morgan fingerprint density at radius 1 is 1.69 bits per heavy atom. The van der Waals surface area contributed by atoms with Gasteiger partial charge >= 0.3 is 0 Å². The van der Waals surface area contributed by atoms with Gasteiger partial charge < -0.3 is 20.5 Å². The van der Waals surface area contributed by atoms with Crippen molar-refractivity contribution in [1.82, 2.24) is 10.6 Å². The van der Waals surface area contributed by atoms with Gasteiger partial charge in [-0.25, -0.2) is 0 Å². The fourth-order valence-electron chi connectivity index (χ4n) is 1.80. The standard InChI is InChI=1S/C11H22N2O3/c1-2-9(3-5-14)13-11(15)7-10-8-16-6-4-12-10/h9-10,12,14H,2-8H2,1H3,(H,13,15). The molecule has 2 atom stereocenters. The number of ether oxygens (including phenoxy) is 1. The molecule has 94 valence electrons. The Morgan fingerprint density at radius 3 is 3.06 bits per heavy atom. The smallest absolute Gasteiger partial charge is 0.221 e. The molecule has 2 unspecified atom stereocenters. The summed E-state index contributed by atoms with van der Waals surface area (Å²) in [6, 6.07) is 0.211. The highest BCUT2D eigenvalue weighted by molar-refractivity contribution is 5.76. The van der Waals surface area contributed by atoms with E-state index in [0.717, 1.165) is 19.6 Å². The van der Waals surface area contributed by atoms with Gasteiger partial charge in [0.25, 0.3) is 0 Å². The van der Waals surface area contributed by atoms with Crippen molar-refractivity contribution in [2.75, 3.05) is 26.4 Å². The normalized spacial score (nSPS) is 22.8. The summed E-state index contributed by atoms with van der Waals surface area (Å²) in [6.45, 7) is 4.25. The van der Waals surface area contributed by atoms with Gasteiger partial charge in [-0.1, -0.05) is 6.92 Å². The fourth-order valence-corrected chi connectivity index (χ4v) is 1.80. The molecule has 0 aromatic heterocycles. The van der Waals surface area contributed by atoms with Crippen LogP contribution in [0.5, 0.6) is 0 Å². The van der Waals surface area contributed by atoms with Gasteiger partial charge in [0.2, 0.25) is 5.91 Å². The maximum Gasteiger partial charge on any atom is 0.221 e. The molecule has 0 saturated carbocycles. The molecule has 3 N–H and O–H groups in total. The molecule has 0 aliphatic carbocycles. The summed E-state index contributed by atoms with van der Waals surface area (Å²) in [5, 5.41) is 15.0. The van der Waals surface area contributed by atoms with Crippen LogP contribution in [0.3, 0.4) is 0 Å². The molecule has 0 spiro atoms. The molecule has 1 heterocycles. The van der Waals surface area contributed by atoms with E-state index in [4.69, 9.17) is 9.84 Å². The second-order valence-corrected chi connectivity index (χ2v) is 4.12. The fraction of sp³-hybridized carbons (Fsp3) is 0.909. The predicted octanol–water partition coefficient (Wildman–Crippen LogP) is -0.358. The minimum absolute atomic E-state index is 0.0308. The van der Waals surface area contributed by atoms with Crippen molar-refractivity contribution in [2.45, 2.75) is 38.3 Å². The van der Waals surface area contributed by atoms with Crippen LogP contribution in [0.15, 0.2) is 0 Å². The van der Waals surface area contributed by atoms with Gasteiger partial charge in [-0.3, -0.25) is 4.79 Å². The van der Waals surface area contributed by atoms with Gasteiger partial charge in [-0.2, -0.15) is 0 Å². The monoisotopic (exact) mass is 230 g/mol. The largest absolute Gasteiger partial charge is 0.396 e. The zero-order valence-corrected chi connectivity index (χ0v) is 9.87. The molecule has 16 heavy (non-hydrogen) atoms. The van der Waals surface area contributed by atoms with E-state index >= 15 is 0 Å². The quantitative estimate of drug-likeness (QED) is 0.583. The van der Waals surface area contributed by atoms with Crippen molar-refractivity contribution >= 4 is 5.91 Å². The van der Waals surface area contributed by atoms with E-state index in [0.29, 0.717) is 19.4 Å². The van der Waals surface area contributed by atoms with Gasteiger partial charge in [0.15, 0.2) is 0 Å². The summed E-state index contributed by atoms with van der Waals surface area (Å²) in [7, 11) is 0. The zero-order valence-electron chi connectivity index (χ0n) is 9.87. The minimum Gasteiger partial charge on any atom is -0.396 e. The molecule has 1 aliphatic heterocycles. The average Bonchev–Trinajstić information content (AvgIpc) is 2.29. The molecule has 5 nitrogen and oxygen atoms in total. The van der Waals surface area contributed by atoms with Crippen LogP contribution in [0.1, 0.15) is 26.2 Å². The Bertz CT molecular complexity index is 197. The van der Waals surface area contributed by atoms with Crippen molar-refractivity contribution in [3.63, 3.8) is 0 Å². The number of aliphatic hydroxyl groups is 1. The van der Waals surface area contributed by atoms with Crippen LogP contribution in [-0.2, 0) is 9.53 Å². The van der Waals surface area contributed by atoms with Crippen molar-refractivity contribution in [3.05, 3.63) is 0 Å². The molecule has 0 bridgehead atoms. The Balaban J connectivity index is 2.22. The van der Waals surface area contributed by atoms with Crippen LogP contribution >= 0.6 is 0 Å². The molecule has 1 amide bonds. The van der Waals surface area contributed by atoms with Crippen molar-refractivity contribution in [2.24, 2.45) is 0 Å². The number of amides is 1. The lowest BCUT2D eigenvalue weighted by Gasteiger charge is -2.24. The predicted molar refractivity (Wildman–Crippen MR) is 61.2 cm³/mol. The highest BCUT2D eigenvalue weighted by atomic mass is 16.5. The number of carbonyl (C=O) groups is 1. The molecule has 1 rings (SSSR count). The molecule has 1 fully saturated rings. The van der Waals surface area contributed by atoms with Gasteiger partial charge in [0, 0.05) is 31.7 Å². The highest BCUT2D eigenvalue weighted by Crippen LogP contribution is 2.01. The van der Waals surface area contributed by atoms with Crippen LogP contribution in [0.25, 0.3) is 0 Å². The Kier molecular flexibility index (Phi) is 6.37. The zero-order chi connectivity index (χ0) is 11.8. The first-order valence-electron chi connectivity index (χ1n) is 5.97. The third kappa shape index (κ3) is 4.92. The minimum atomic E-state index is 0.0308. The molecular formula is C11H22N2O3. The second-order valence-electron chi connectivity index (χ2n) is 4.12. The third-order valence-electron chi connectivity index (χ3n) is 2.77.